The van der Waals surface area contributed by atoms with Crippen LogP contribution in [0.2, 0.25) is 0 Å². The summed E-state index contributed by atoms with van der Waals surface area (Å²) in [5.74, 6) is 0.726. The molecule has 4 rings (SSSR count). The van der Waals surface area contributed by atoms with Crippen molar-refractivity contribution in [3.05, 3.63) is 58.8 Å². The molecule has 2 N–H and O–H groups in total. The van der Waals surface area contributed by atoms with Gasteiger partial charge in [0.15, 0.2) is 5.82 Å². The van der Waals surface area contributed by atoms with Crippen LogP contribution in [-0.2, 0) is 6.54 Å². The number of nitrogens with zero attached hydrogens (tertiary/aromatic N) is 5. The van der Waals surface area contributed by atoms with E-state index in [0.29, 0.717) is 12.2 Å². The van der Waals surface area contributed by atoms with E-state index in [1.54, 1.807) is 16.8 Å². The van der Waals surface area contributed by atoms with Gasteiger partial charge in [-0.15, -0.1) is 5.10 Å². The second kappa shape index (κ2) is 5.51. The fourth-order valence-corrected chi connectivity index (χ4v) is 3.00. The topological polar surface area (TPSA) is 81.5 Å². The van der Waals surface area contributed by atoms with Crippen molar-refractivity contribution < 1.29 is 0 Å². The Balaban J connectivity index is 1.76. The lowest BCUT2D eigenvalue weighted by Crippen LogP contribution is -2.27. The van der Waals surface area contributed by atoms with E-state index in [4.69, 9.17) is 5.73 Å². The first-order valence-electron chi connectivity index (χ1n) is 7.71. The maximum absolute atomic E-state index is 12.6. The van der Waals surface area contributed by atoms with Crippen molar-refractivity contribution in [2.24, 2.45) is 5.73 Å². The van der Waals surface area contributed by atoms with Crippen LogP contribution in [0.15, 0.2) is 47.5 Å². The number of aromatic nitrogens is 4. The van der Waals surface area contributed by atoms with E-state index in [1.165, 1.54) is 4.68 Å². The Hall–Kier alpha value is -2.67. The van der Waals surface area contributed by atoms with Gasteiger partial charge in [0, 0.05) is 31.5 Å². The molecule has 0 bridgehead atoms. The van der Waals surface area contributed by atoms with Gasteiger partial charge in [0.25, 0.3) is 0 Å². The predicted molar refractivity (Wildman–Crippen MR) is 87.6 cm³/mol. The fourth-order valence-electron chi connectivity index (χ4n) is 3.00. The second-order valence-electron chi connectivity index (χ2n) is 5.87. The highest BCUT2D eigenvalue weighted by Crippen LogP contribution is 2.20. The SMILES string of the molecule is N[C@@H]1CCN(c2nccn3c(=O)n(Cc4ccccc4)nc23)C1. The monoisotopic (exact) mass is 310 g/mol. The summed E-state index contributed by atoms with van der Waals surface area (Å²) >= 11 is 0. The van der Waals surface area contributed by atoms with Gasteiger partial charge in [0.2, 0.25) is 5.65 Å². The number of fused-ring (bicyclic) bond motifs is 1. The van der Waals surface area contributed by atoms with Gasteiger partial charge in [-0.05, 0) is 12.0 Å². The van der Waals surface area contributed by atoms with Crippen molar-refractivity contribution in [2.45, 2.75) is 19.0 Å². The predicted octanol–water partition coefficient (Wildman–Crippen LogP) is 0.477. The maximum Gasteiger partial charge on any atom is 0.350 e. The lowest BCUT2D eigenvalue weighted by molar-refractivity contribution is 0.658. The zero-order valence-corrected chi connectivity index (χ0v) is 12.7. The van der Waals surface area contributed by atoms with Crippen molar-refractivity contribution in [1.82, 2.24) is 19.2 Å². The molecule has 0 spiro atoms. The molecular formula is C16H18N6O. The number of hydrogen-bond donors (Lipinski definition) is 1. The summed E-state index contributed by atoms with van der Waals surface area (Å²) in [6, 6.07) is 9.97. The molecule has 118 valence electrons. The summed E-state index contributed by atoms with van der Waals surface area (Å²) in [5, 5.41) is 4.50. The highest BCUT2D eigenvalue weighted by Gasteiger charge is 2.24. The van der Waals surface area contributed by atoms with Gasteiger partial charge in [-0.25, -0.2) is 18.9 Å². The Morgan fingerprint density at radius 2 is 2.09 bits per heavy atom. The molecule has 23 heavy (non-hydrogen) atoms. The van der Waals surface area contributed by atoms with E-state index < -0.39 is 0 Å². The summed E-state index contributed by atoms with van der Waals surface area (Å²) < 4.78 is 3.03. The minimum Gasteiger partial charge on any atom is -0.352 e. The molecule has 1 fully saturated rings. The van der Waals surface area contributed by atoms with Crippen LogP contribution >= 0.6 is 0 Å². The van der Waals surface area contributed by atoms with E-state index in [0.717, 1.165) is 30.9 Å². The Kier molecular flexibility index (Phi) is 3.34. The molecule has 2 aromatic heterocycles. The molecule has 1 aliphatic heterocycles. The van der Waals surface area contributed by atoms with Crippen molar-refractivity contribution in [2.75, 3.05) is 18.0 Å². The van der Waals surface area contributed by atoms with Crippen LogP contribution in [0.25, 0.3) is 5.65 Å². The van der Waals surface area contributed by atoms with E-state index >= 15 is 0 Å². The standard InChI is InChI=1S/C16H18N6O/c17-13-6-8-20(11-13)14-15-19-22(10-12-4-2-1-3-5-12)16(23)21(15)9-7-18-14/h1-5,7,9,13H,6,8,10-11,17H2/t13-/m1/s1. The van der Waals surface area contributed by atoms with Crippen molar-refractivity contribution in [1.29, 1.82) is 0 Å². The third-order valence-electron chi connectivity index (χ3n) is 4.18. The average Bonchev–Trinajstić information content (AvgIpc) is 3.13. The fraction of sp³-hybridized carbons (Fsp3) is 0.312. The molecule has 7 heteroatoms. The number of anilines is 1. The third kappa shape index (κ3) is 2.49. The van der Waals surface area contributed by atoms with Crippen LogP contribution in [0.1, 0.15) is 12.0 Å². The zero-order valence-electron chi connectivity index (χ0n) is 12.7. The maximum atomic E-state index is 12.6. The number of hydrogen-bond acceptors (Lipinski definition) is 5. The Labute approximate surface area is 133 Å². The molecule has 1 saturated heterocycles. The summed E-state index contributed by atoms with van der Waals surface area (Å²) in [7, 11) is 0. The minimum absolute atomic E-state index is 0.148. The van der Waals surface area contributed by atoms with Gasteiger partial charge in [-0.3, -0.25) is 0 Å². The summed E-state index contributed by atoms with van der Waals surface area (Å²) in [6.45, 7) is 2.03. The van der Waals surface area contributed by atoms with Crippen LogP contribution in [-0.4, -0.2) is 38.3 Å². The molecule has 0 aliphatic carbocycles. The van der Waals surface area contributed by atoms with Crippen molar-refractivity contribution in [3.63, 3.8) is 0 Å². The van der Waals surface area contributed by atoms with Crippen LogP contribution in [0.4, 0.5) is 5.82 Å². The molecule has 0 unspecified atom stereocenters. The van der Waals surface area contributed by atoms with Crippen LogP contribution < -0.4 is 16.3 Å². The molecule has 1 atom stereocenters. The first-order chi connectivity index (χ1) is 11.2. The lowest BCUT2D eigenvalue weighted by Gasteiger charge is -2.16. The lowest BCUT2D eigenvalue weighted by atomic mass is 10.2. The normalized spacial score (nSPS) is 18.0. The highest BCUT2D eigenvalue weighted by atomic mass is 16.2. The number of nitrogens with two attached hydrogens (primary N) is 1. The summed E-state index contributed by atoms with van der Waals surface area (Å²) in [6.07, 6.45) is 4.23. The van der Waals surface area contributed by atoms with E-state index in [2.05, 4.69) is 15.0 Å². The quantitative estimate of drug-likeness (QED) is 0.761. The highest BCUT2D eigenvalue weighted by molar-refractivity contribution is 5.63. The zero-order chi connectivity index (χ0) is 15.8. The van der Waals surface area contributed by atoms with Gasteiger partial charge in [-0.2, -0.15) is 0 Å². The van der Waals surface area contributed by atoms with E-state index in [9.17, 15) is 4.79 Å². The largest absolute Gasteiger partial charge is 0.352 e. The average molecular weight is 310 g/mol. The van der Waals surface area contributed by atoms with Gasteiger partial charge in [0.05, 0.1) is 6.54 Å². The Morgan fingerprint density at radius 3 is 2.83 bits per heavy atom. The van der Waals surface area contributed by atoms with E-state index in [1.807, 2.05) is 30.3 Å². The third-order valence-corrected chi connectivity index (χ3v) is 4.18. The van der Waals surface area contributed by atoms with Crippen molar-refractivity contribution >= 4 is 11.5 Å². The molecule has 0 radical (unpaired) electrons. The summed E-state index contributed by atoms with van der Waals surface area (Å²) in [5.41, 5.74) is 7.45. The first kappa shape index (κ1) is 14.0. The summed E-state index contributed by atoms with van der Waals surface area (Å²) in [4.78, 5) is 19.1. The minimum atomic E-state index is -0.156. The molecule has 7 nitrogen and oxygen atoms in total. The molecule has 1 aromatic carbocycles. The number of benzene rings is 1. The van der Waals surface area contributed by atoms with Gasteiger partial charge in [-0.1, -0.05) is 30.3 Å². The Bertz CT molecular complexity index is 884. The molecule has 1 aliphatic rings. The van der Waals surface area contributed by atoms with Gasteiger partial charge in [0.1, 0.15) is 0 Å². The Morgan fingerprint density at radius 1 is 1.26 bits per heavy atom. The van der Waals surface area contributed by atoms with Crippen molar-refractivity contribution in [3.8, 4) is 0 Å². The van der Waals surface area contributed by atoms with Gasteiger partial charge >= 0.3 is 5.69 Å². The second-order valence-corrected chi connectivity index (χ2v) is 5.87. The first-order valence-corrected chi connectivity index (χ1v) is 7.71. The molecule has 3 heterocycles. The van der Waals surface area contributed by atoms with E-state index in [-0.39, 0.29) is 11.7 Å². The van der Waals surface area contributed by atoms with Crippen LogP contribution in [0.3, 0.4) is 0 Å². The van der Waals surface area contributed by atoms with Gasteiger partial charge < -0.3 is 10.6 Å². The molecule has 3 aromatic rings. The smallest absolute Gasteiger partial charge is 0.350 e. The molecular weight excluding hydrogens is 292 g/mol. The molecule has 0 amide bonds. The van der Waals surface area contributed by atoms with Crippen LogP contribution in [0, 0.1) is 0 Å². The molecule has 0 saturated carbocycles. The van der Waals surface area contributed by atoms with Crippen LogP contribution in [0.5, 0.6) is 0 Å². The number of rotatable bonds is 3.